The van der Waals surface area contributed by atoms with E-state index in [1.54, 1.807) is 0 Å². The molecule has 20 heavy (non-hydrogen) atoms. The van der Waals surface area contributed by atoms with Crippen LogP contribution in [-0.2, 0) is 11.2 Å². The van der Waals surface area contributed by atoms with Gasteiger partial charge in [-0.1, -0.05) is 13.0 Å². The van der Waals surface area contributed by atoms with Gasteiger partial charge in [-0.25, -0.2) is 8.78 Å². The van der Waals surface area contributed by atoms with Gasteiger partial charge in [0.2, 0.25) is 0 Å². The molecule has 0 aromatic heterocycles. The highest BCUT2D eigenvalue weighted by molar-refractivity contribution is 5.22. The highest BCUT2D eigenvalue weighted by Crippen LogP contribution is 2.19. The van der Waals surface area contributed by atoms with Gasteiger partial charge in [0.25, 0.3) is 0 Å². The van der Waals surface area contributed by atoms with Gasteiger partial charge in [0, 0.05) is 6.07 Å². The molecule has 2 nitrogen and oxygen atoms in total. The summed E-state index contributed by atoms with van der Waals surface area (Å²) >= 11 is 0. The van der Waals surface area contributed by atoms with Gasteiger partial charge in [-0.05, 0) is 49.9 Å². The molecule has 0 spiro atoms. The first-order valence-electron chi connectivity index (χ1n) is 7.21. The van der Waals surface area contributed by atoms with Crippen molar-refractivity contribution in [2.24, 2.45) is 0 Å². The van der Waals surface area contributed by atoms with Crippen LogP contribution in [0.4, 0.5) is 8.78 Å². The van der Waals surface area contributed by atoms with Crippen molar-refractivity contribution in [1.82, 2.24) is 5.32 Å². The molecule has 0 fully saturated rings. The van der Waals surface area contributed by atoms with E-state index in [0.717, 1.165) is 37.6 Å². The fourth-order valence-corrected chi connectivity index (χ4v) is 2.32. The second-order valence-electron chi connectivity index (χ2n) is 5.04. The zero-order chi connectivity index (χ0) is 14.4. The molecule has 0 amide bonds. The molecule has 1 heterocycles. The minimum atomic E-state index is -0.544. The van der Waals surface area contributed by atoms with Gasteiger partial charge in [-0.2, -0.15) is 0 Å². The van der Waals surface area contributed by atoms with Crippen molar-refractivity contribution in [3.05, 3.63) is 47.2 Å². The number of nitrogens with one attached hydrogen (secondary N) is 1. The van der Waals surface area contributed by atoms with Gasteiger partial charge in [-0.15, -0.1) is 0 Å². The molecular weight excluding hydrogens is 260 g/mol. The topological polar surface area (TPSA) is 21.3 Å². The maximum atomic E-state index is 13.8. The largest absolute Gasteiger partial charge is 0.497 e. The number of halogens is 2. The quantitative estimate of drug-likeness (QED) is 0.860. The van der Waals surface area contributed by atoms with Crippen molar-refractivity contribution in [3.63, 3.8) is 0 Å². The van der Waals surface area contributed by atoms with Crippen LogP contribution < -0.4 is 5.32 Å². The molecule has 1 aromatic carbocycles. The standard InChI is InChI=1S/C16H21F2NO/c1-2-8-19-15(16-5-3-4-9-20-16)10-12-6-7-13(17)11-14(12)18/h5-7,11,15,19H,2-4,8-10H2,1H3. The third-order valence-electron chi connectivity index (χ3n) is 3.39. The summed E-state index contributed by atoms with van der Waals surface area (Å²) in [5.41, 5.74) is 0.509. The molecule has 0 saturated carbocycles. The van der Waals surface area contributed by atoms with Crippen molar-refractivity contribution in [3.8, 4) is 0 Å². The summed E-state index contributed by atoms with van der Waals surface area (Å²) in [6, 6.07) is 3.69. The second kappa shape index (κ2) is 7.39. The molecule has 1 atom stereocenters. The zero-order valence-electron chi connectivity index (χ0n) is 11.8. The van der Waals surface area contributed by atoms with Crippen molar-refractivity contribution in [2.75, 3.05) is 13.2 Å². The summed E-state index contributed by atoms with van der Waals surface area (Å²) in [7, 11) is 0. The average molecular weight is 281 g/mol. The molecule has 0 saturated heterocycles. The van der Waals surface area contributed by atoms with Gasteiger partial charge in [0.05, 0.1) is 12.6 Å². The monoisotopic (exact) mass is 281 g/mol. The van der Waals surface area contributed by atoms with E-state index >= 15 is 0 Å². The van der Waals surface area contributed by atoms with Gasteiger partial charge in [-0.3, -0.25) is 0 Å². The Morgan fingerprint density at radius 2 is 2.20 bits per heavy atom. The van der Waals surface area contributed by atoms with E-state index in [1.165, 1.54) is 12.1 Å². The van der Waals surface area contributed by atoms with Crippen molar-refractivity contribution in [1.29, 1.82) is 0 Å². The summed E-state index contributed by atoms with van der Waals surface area (Å²) in [5.74, 6) is -0.157. The number of hydrogen-bond acceptors (Lipinski definition) is 2. The Morgan fingerprint density at radius 1 is 1.35 bits per heavy atom. The molecule has 1 aliphatic rings. The molecule has 0 aliphatic carbocycles. The van der Waals surface area contributed by atoms with Gasteiger partial charge >= 0.3 is 0 Å². The van der Waals surface area contributed by atoms with Crippen LogP contribution in [0.25, 0.3) is 0 Å². The number of allylic oxidation sites excluding steroid dienone is 1. The molecule has 1 aromatic rings. The van der Waals surface area contributed by atoms with Crippen molar-refractivity contribution >= 4 is 0 Å². The minimum absolute atomic E-state index is 0.0461. The third kappa shape index (κ3) is 4.04. The van der Waals surface area contributed by atoms with E-state index < -0.39 is 11.6 Å². The summed E-state index contributed by atoms with van der Waals surface area (Å²) in [6.07, 6.45) is 5.55. The summed E-state index contributed by atoms with van der Waals surface area (Å²) in [5, 5.41) is 3.38. The predicted molar refractivity (Wildman–Crippen MR) is 75.4 cm³/mol. The molecule has 0 bridgehead atoms. The predicted octanol–water partition coefficient (Wildman–Crippen LogP) is 3.57. The molecule has 1 aliphatic heterocycles. The van der Waals surface area contributed by atoms with E-state index in [2.05, 4.69) is 18.3 Å². The maximum absolute atomic E-state index is 13.8. The Kier molecular flexibility index (Phi) is 5.53. The smallest absolute Gasteiger partial charge is 0.129 e. The highest BCUT2D eigenvalue weighted by Gasteiger charge is 2.19. The lowest BCUT2D eigenvalue weighted by molar-refractivity contribution is 0.167. The van der Waals surface area contributed by atoms with Crippen LogP contribution in [0.15, 0.2) is 30.0 Å². The molecular formula is C16H21F2NO. The molecule has 1 N–H and O–H groups in total. The lowest BCUT2D eigenvalue weighted by Crippen LogP contribution is -2.35. The van der Waals surface area contributed by atoms with E-state index in [9.17, 15) is 8.78 Å². The third-order valence-corrected chi connectivity index (χ3v) is 3.39. The fraction of sp³-hybridized carbons (Fsp3) is 0.500. The van der Waals surface area contributed by atoms with E-state index in [1.807, 2.05) is 0 Å². The minimum Gasteiger partial charge on any atom is -0.497 e. The molecule has 4 heteroatoms. The highest BCUT2D eigenvalue weighted by atomic mass is 19.1. The Bertz CT molecular complexity index is 474. The van der Waals surface area contributed by atoms with Crippen LogP contribution in [0.5, 0.6) is 0 Å². The Balaban J connectivity index is 2.12. The van der Waals surface area contributed by atoms with Crippen molar-refractivity contribution < 1.29 is 13.5 Å². The Morgan fingerprint density at radius 3 is 2.85 bits per heavy atom. The van der Waals surface area contributed by atoms with Crippen LogP contribution in [0.2, 0.25) is 0 Å². The number of ether oxygens (including phenoxy) is 1. The zero-order valence-corrected chi connectivity index (χ0v) is 11.8. The SMILES string of the molecule is CCCNC(Cc1ccc(F)cc1F)C1=CCCCO1. The number of benzene rings is 1. The Hall–Kier alpha value is -1.42. The van der Waals surface area contributed by atoms with Gasteiger partial charge in [0.1, 0.15) is 17.4 Å². The summed E-state index contributed by atoms with van der Waals surface area (Å²) < 4.78 is 32.4. The van der Waals surface area contributed by atoms with E-state index in [-0.39, 0.29) is 6.04 Å². The second-order valence-corrected chi connectivity index (χ2v) is 5.04. The first kappa shape index (κ1) is 15.0. The van der Waals surface area contributed by atoms with Crippen LogP contribution >= 0.6 is 0 Å². The lowest BCUT2D eigenvalue weighted by atomic mass is 10.0. The molecule has 1 unspecified atom stereocenters. The maximum Gasteiger partial charge on any atom is 0.129 e. The van der Waals surface area contributed by atoms with Crippen LogP contribution in [0.3, 0.4) is 0 Å². The molecule has 0 radical (unpaired) electrons. The lowest BCUT2D eigenvalue weighted by Gasteiger charge is -2.25. The van der Waals surface area contributed by atoms with Gasteiger partial charge < -0.3 is 10.1 Å². The average Bonchev–Trinajstić information content (AvgIpc) is 2.46. The van der Waals surface area contributed by atoms with Crippen molar-refractivity contribution in [2.45, 2.75) is 38.6 Å². The number of hydrogen-bond donors (Lipinski definition) is 1. The van der Waals surface area contributed by atoms with E-state index in [4.69, 9.17) is 4.74 Å². The van der Waals surface area contributed by atoms with E-state index in [0.29, 0.717) is 18.6 Å². The summed E-state index contributed by atoms with van der Waals surface area (Å²) in [4.78, 5) is 0. The Labute approximate surface area is 118 Å². The molecule has 110 valence electrons. The van der Waals surface area contributed by atoms with Crippen LogP contribution in [0, 0.1) is 11.6 Å². The van der Waals surface area contributed by atoms with Crippen LogP contribution in [-0.4, -0.2) is 19.2 Å². The van der Waals surface area contributed by atoms with Crippen LogP contribution in [0.1, 0.15) is 31.7 Å². The first-order chi connectivity index (χ1) is 9.70. The number of rotatable bonds is 6. The normalized spacial score (nSPS) is 16.4. The molecule has 2 rings (SSSR count). The van der Waals surface area contributed by atoms with Gasteiger partial charge in [0.15, 0.2) is 0 Å². The first-order valence-corrected chi connectivity index (χ1v) is 7.21. The summed E-state index contributed by atoms with van der Waals surface area (Å²) in [6.45, 7) is 3.63. The fourth-order valence-electron chi connectivity index (χ4n) is 2.32.